The number of rotatable bonds is 6. The number of carbonyl (C=O) groups excluding carboxylic acids is 1. The van der Waals surface area contributed by atoms with Crippen molar-refractivity contribution in [2.75, 3.05) is 0 Å². The van der Waals surface area contributed by atoms with E-state index in [1.807, 2.05) is 0 Å². The molecule has 112 valence electrons. The smallest absolute Gasteiger partial charge is 0.305 e. The Kier molecular flexibility index (Phi) is 4.42. The molecule has 1 unspecified atom stereocenters. The number of nitrogens with zero attached hydrogens (tertiary/aromatic N) is 1. The molecule has 1 saturated carbocycles. The van der Waals surface area contributed by atoms with E-state index in [0.29, 0.717) is 0 Å². The summed E-state index contributed by atoms with van der Waals surface area (Å²) in [4.78, 5) is 33.1. The average molecular weight is 313 g/mol. The molecule has 1 aromatic rings. The normalized spacial score (nSPS) is 15.3. The van der Waals surface area contributed by atoms with E-state index in [1.54, 1.807) is 0 Å². The minimum atomic E-state index is -1.00. The SMILES string of the molecule is O=C(O)CC(NC(=O)c1cccc([N+](=O)[O-])c1Cl)C1CC1. The number of aliphatic carboxylic acids is 1. The molecule has 0 heterocycles. The van der Waals surface area contributed by atoms with Gasteiger partial charge in [-0.1, -0.05) is 17.7 Å². The van der Waals surface area contributed by atoms with Crippen LogP contribution in [0.1, 0.15) is 29.6 Å². The molecule has 0 aliphatic heterocycles. The van der Waals surface area contributed by atoms with Gasteiger partial charge in [0.1, 0.15) is 5.02 Å². The Morgan fingerprint density at radius 3 is 2.67 bits per heavy atom. The number of benzene rings is 1. The lowest BCUT2D eigenvalue weighted by Crippen LogP contribution is -2.38. The van der Waals surface area contributed by atoms with E-state index >= 15 is 0 Å². The molecule has 1 amide bonds. The van der Waals surface area contributed by atoms with E-state index in [4.69, 9.17) is 16.7 Å². The van der Waals surface area contributed by atoms with Crippen LogP contribution in [0.2, 0.25) is 5.02 Å². The van der Waals surface area contributed by atoms with Crippen LogP contribution in [0.4, 0.5) is 5.69 Å². The van der Waals surface area contributed by atoms with Crippen LogP contribution in [-0.2, 0) is 4.79 Å². The Bertz CT molecular complexity index is 600. The third kappa shape index (κ3) is 3.69. The highest BCUT2D eigenvalue weighted by molar-refractivity contribution is 6.35. The molecule has 1 aliphatic carbocycles. The van der Waals surface area contributed by atoms with Gasteiger partial charge < -0.3 is 10.4 Å². The highest BCUT2D eigenvalue weighted by Gasteiger charge is 2.34. The summed E-state index contributed by atoms with van der Waals surface area (Å²) in [6, 6.07) is 3.46. The number of carboxylic acid groups (broad SMARTS) is 1. The monoisotopic (exact) mass is 312 g/mol. The Labute approximate surface area is 125 Å². The maximum Gasteiger partial charge on any atom is 0.305 e. The Morgan fingerprint density at radius 1 is 1.48 bits per heavy atom. The highest BCUT2D eigenvalue weighted by atomic mass is 35.5. The van der Waals surface area contributed by atoms with Crippen molar-refractivity contribution >= 4 is 29.2 Å². The van der Waals surface area contributed by atoms with Gasteiger partial charge in [0.2, 0.25) is 0 Å². The largest absolute Gasteiger partial charge is 0.481 e. The van der Waals surface area contributed by atoms with Gasteiger partial charge in [0.15, 0.2) is 0 Å². The molecule has 1 atom stereocenters. The summed E-state index contributed by atoms with van der Waals surface area (Å²) < 4.78 is 0. The minimum absolute atomic E-state index is 0.0260. The van der Waals surface area contributed by atoms with Gasteiger partial charge in [-0.3, -0.25) is 19.7 Å². The summed E-state index contributed by atoms with van der Waals surface area (Å²) in [7, 11) is 0. The molecule has 8 heteroatoms. The summed E-state index contributed by atoms with van der Waals surface area (Å²) in [5.74, 6) is -1.46. The third-order valence-corrected chi connectivity index (χ3v) is 3.72. The van der Waals surface area contributed by atoms with Gasteiger partial charge in [0, 0.05) is 12.1 Å². The molecule has 0 bridgehead atoms. The van der Waals surface area contributed by atoms with E-state index < -0.39 is 22.8 Å². The molecule has 0 radical (unpaired) electrons. The van der Waals surface area contributed by atoms with E-state index in [0.717, 1.165) is 12.8 Å². The molecule has 21 heavy (non-hydrogen) atoms. The summed E-state index contributed by atoms with van der Waals surface area (Å²) in [5, 5.41) is 22.0. The quantitative estimate of drug-likeness (QED) is 0.618. The predicted molar refractivity (Wildman–Crippen MR) is 74.3 cm³/mol. The average Bonchev–Trinajstić information content (AvgIpc) is 3.21. The number of nitrogens with one attached hydrogen (secondary N) is 1. The highest BCUT2D eigenvalue weighted by Crippen LogP contribution is 2.34. The van der Waals surface area contributed by atoms with Crippen LogP contribution in [0.25, 0.3) is 0 Å². The zero-order valence-electron chi connectivity index (χ0n) is 10.9. The van der Waals surface area contributed by atoms with Crippen LogP contribution in [0.15, 0.2) is 18.2 Å². The molecule has 2 N–H and O–H groups in total. The van der Waals surface area contributed by atoms with Gasteiger partial charge in [0.05, 0.1) is 16.9 Å². The molecule has 1 aliphatic rings. The molecule has 0 spiro atoms. The first kappa shape index (κ1) is 15.2. The third-order valence-electron chi connectivity index (χ3n) is 3.32. The zero-order valence-corrected chi connectivity index (χ0v) is 11.7. The molecule has 2 rings (SSSR count). The van der Waals surface area contributed by atoms with Crippen molar-refractivity contribution < 1.29 is 19.6 Å². The van der Waals surface area contributed by atoms with Crippen molar-refractivity contribution in [3.05, 3.63) is 38.9 Å². The van der Waals surface area contributed by atoms with Crippen molar-refractivity contribution in [1.82, 2.24) is 5.32 Å². The number of amides is 1. The summed E-state index contributed by atoms with van der Waals surface area (Å²) in [6.07, 6.45) is 1.55. The summed E-state index contributed by atoms with van der Waals surface area (Å²) in [5.41, 5.74) is -0.382. The van der Waals surface area contributed by atoms with E-state index in [-0.39, 0.29) is 28.6 Å². The predicted octanol–water partition coefficient (Wildman–Crippen LogP) is 2.23. The van der Waals surface area contributed by atoms with Crippen LogP contribution in [-0.4, -0.2) is 27.9 Å². The Morgan fingerprint density at radius 2 is 2.14 bits per heavy atom. The standard InChI is InChI=1S/C13H13ClN2O5/c14-12-8(2-1-3-10(12)16(20)21)13(19)15-9(6-11(17)18)7-4-5-7/h1-3,7,9H,4-6H2,(H,15,19)(H,17,18). The first-order valence-electron chi connectivity index (χ1n) is 6.35. The number of hydrogen-bond donors (Lipinski definition) is 2. The zero-order chi connectivity index (χ0) is 15.6. The fourth-order valence-electron chi connectivity index (χ4n) is 2.10. The lowest BCUT2D eigenvalue weighted by atomic mass is 10.1. The number of halogens is 1. The lowest BCUT2D eigenvalue weighted by molar-refractivity contribution is -0.384. The van der Waals surface area contributed by atoms with Crippen LogP contribution in [0.3, 0.4) is 0 Å². The van der Waals surface area contributed by atoms with Crippen molar-refractivity contribution in [3.8, 4) is 0 Å². The van der Waals surface area contributed by atoms with Gasteiger partial charge >= 0.3 is 5.97 Å². The van der Waals surface area contributed by atoms with Crippen molar-refractivity contribution in [1.29, 1.82) is 0 Å². The number of hydrogen-bond acceptors (Lipinski definition) is 4. The minimum Gasteiger partial charge on any atom is -0.481 e. The topological polar surface area (TPSA) is 110 Å². The first-order chi connectivity index (χ1) is 9.90. The van der Waals surface area contributed by atoms with Gasteiger partial charge in [-0.2, -0.15) is 0 Å². The lowest BCUT2D eigenvalue weighted by Gasteiger charge is -2.16. The van der Waals surface area contributed by atoms with Gasteiger partial charge in [0.25, 0.3) is 11.6 Å². The Balaban J connectivity index is 2.17. The molecule has 0 aromatic heterocycles. The molecular weight excluding hydrogens is 300 g/mol. The second-order valence-corrected chi connectivity index (χ2v) is 5.29. The van der Waals surface area contributed by atoms with Gasteiger partial charge in [-0.25, -0.2) is 0 Å². The number of nitro groups is 1. The summed E-state index contributed by atoms with van der Waals surface area (Å²) in [6.45, 7) is 0. The van der Waals surface area contributed by atoms with E-state index in [2.05, 4.69) is 5.32 Å². The Hall–Kier alpha value is -2.15. The molecule has 7 nitrogen and oxygen atoms in total. The summed E-state index contributed by atoms with van der Waals surface area (Å²) >= 11 is 5.86. The molecular formula is C13H13ClN2O5. The molecule has 0 saturated heterocycles. The van der Waals surface area contributed by atoms with Crippen LogP contribution < -0.4 is 5.32 Å². The van der Waals surface area contributed by atoms with Gasteiger partial charge in [-0.15, -0.1) is 0 Å². The van der Waals surface area contributed by atoms with Crippen molar-refractivity contribution in [2.24, 2.45) is 5.92 Å². The van der Waals surface area contributed by atoms with Gasteiger partial charge in [-0.05, 0) is 24.8 Å². The number of carbonyl (C=O) groups is 2. The van der Waals surface area contributed by atoms with Crippen LogP contribution in [0, 0.1) is 16.0 Å². The van der Waals surface area contributed by atoms with E-state index in [9.17, 15) is 19.7 Å². The fourth-order valence-corrected chi connectivity index (χ4v) is 2.39. The fraction of sp³-hybridized carbons (Fsp3) is 0.385. The van der Waals surface area contributed by atoms with Crippen LogP contribution >= 0.6 is 11.6 Å². The van der Waals surface area contributed by atoms with Crippen molar-refractivity contribution in [3.63, 3.8) is 0 Å². The second-order valence-electron chi connectivity index (χ2n) is 4.91. The number of carboxylic acids is 1. The van der Waals surface area contributed by atoms with E-state index in [1.165, 1.54) is 18.2 Å². The molecule has 1 fully saturated rings. The number of nitro benzene ring substituents is 1. The maximum absolute atomic E-state index is 12.2. The molecule has 1 aromatic carbocycles. The second kappa shape index (κ2) is 6.09. The maximum atomic E-state index is 12.2. The van der Waals surface area contributed by atoms with Crippen molar-refractivity contribution in [2.45, 2.75) is 25.3 Å². The first-order valence-corrected chi connectivity index (χ1v) is 6.73. The van der Waals surface area contributed by atoms with Crippen LogP contribution in [0.5, 0.6) is 0 Å².